The summed E-state index contributed by atoms with van der Waals surface area (Å²) in [5.74, 6) is -0.575. The van der Waals surface area contributed by atoms with Gasteiger partial charge in [-0.2, -0.15) is 0 Å². The summed E-state index contributed by atoms with van der Waals surface area (Å²) in [4.78, 5) is 34.3. The Morgan fingerprint density at radius 1 is 0.742 bits per heavy atom. The molecule has 0 radical (unpaired) electrons. The fraction of sp³-hybridized carbons (Fsp3) is 0.0800. The van der Waals surface area contributed by atoms with Crippen molar-refractivity contribution in [2.45, 2.75) is 13.2 Å². The zero-order chi connectivity index (χ0) is 21.5. The van der Waals surface area contributed by atoms with E-state index in [1.54, 1.807) is 30.3 Å². The van der Waals surface area contributed by atoms with E-state index in [1.165, 1.54) is 0 Å². The fourth-order valence-corrected chi connectivity index (χ4v) is 3.06. The first kappa shape index (κ1) is 20.3. The van der Waals surface area contributed by atoms with Gasteiger partial charge in [0.1, 0.15) is 5.69 Å². The second-order valence-electron chi connectivity index (χ2n) is 6.97. The maximum absolute atomic E-state index is 12.4. The van der Waals surface area contributed by atoms with E-state index in [1.807, 2.05) is 60.7 Å². The summed E-state index contributed by atoms with van der Waals surface area (Å²) in [6.45, 7) is 0.624. The number of pyridine rings is 1. The number of nitrogens with zero attached hydrogens (tertiary/aromatic N) is 1. The van der Waals surface area contributed by atoms with Crippen LogP contribution in [0.25, 0.3) is 10.9 Å². The number of hydrogen-bond acceptors (Lipinski definition) is 4. The number of carbonyl (C=O) groups is 2. The van der Waals surface area contributed by atoms with E-state index in [2.05, 4.69) is 15.8 Å². The first-order valence-electron chi connectivity index (χ1n) is 9.88. The number of rotatable bonds is 7. The Morgan fingerprint density at radius 2 is 1.48 bits per heavy atom. The smallest absolute Gasteiger partial charge is 0.274 e. The molecular weight excluding hydrogens is 390 g/mol. The molecule has 0 fully saturated rings. The Kier molecular flexibility index (Phi) is 6.30. The van der Waals surface area contributed by atoms with Crippen molar-refractivity contribution in [1.82, 2.24) is 15.8 Å². The molecule has 0 bridgehead atoms. The van der Waals surface area contributed by atoms with Crippen molar-refractivity contribution in [2.24, 2.45) is 0 Å². The van der Waals surface area contributed by atoms with E-state index in [0.717, 1.165) is 22.0 Å². The van der Waals surface area contributed by atoms with E-state index < -0.39 is 0 Å². The summed E-state index contributed by atoms with van der Waals surface area (Å²) >= 11 is 0. The van der Waals surface area contributed by atoms with Gasteiger partial charge in [-0.25, -0.2) is 10.5 Å². The molecule has 0 saturated carbocycles. The van der Waals surface area contributed by atoms with Crippen LogP contribution in [0, 0.1) is 0 Å². The standard InChI is InChI=1S/C25H21N3O3/c29-24(28-31-17-19-6-2-1-3-7-19)21-12-10-18(11-13-21)16-26-25(30)23-15-14-20-8-4-5-9-22(20)27-23/h1-15H,16-17H2,(H,26,30)(H,28,29). The van der Waals surface area contributed by atoms with Crippen LogP contribution in [0.3, 0.4) is 0 Å². The average molecular weight is 411 g/mol. The molecule has 0 saturated heterocycles. The minimum Gasteiger partial charge on any atom is -0.347 e. The molecule has 154 valence electrons. The summed E-state index contributed by atoms with van der Waals surface area (Å²) < 4.78 is 0. The molecule has 31 heavy (non-hydrogen) atoms. The molecule has 6 nitrogen and oxygen atoms in total. The highest BCUT2D eigenvalue weighted by Crippen LogP contribution is 2.12. The normalized spacial score (nSPS) is 10.6. The van der Waals surface area contributed by atoms with Gasteiger partial charge < -0.3 is 5.32 Å². The Morgan fingerprint density at radius 3 is 2.29 bits per heavy atom. The van der Waals surface area contributed by atoms with Gasteiger partial charge in [-0.15, -0.1) is 0 Å². The van der Waals surface area contributed by atoms with Crippen LogP contribution in [-0.2, 0) is 18.0 Å². The third kappa shape index (κ3) is 5.32. The van der Waals surface area contributed by atoms with Gasteiger partial charge in [-0.1, -0.05) is 66.7 Å². The quantitative estimate of drug-likeness (QED) is 0.450. The van der Waals surface area contributed by atoms with Gasteiger partial charge in [0, 0.05) is 17.5 Å². The van der Waals surface area contributed by atoms with Gasteiger partial charge in [0.25, 0.3) is 11.8 Å². The first-order valence-corrected chi connectivity index (χ1v) is 9.88. The fourth-order valence-electron chi connectivity index (χ4n) is 3.06. The summed E-state index contributed by atoms with van der Waals surface area (Å²) in [6.07, 6.45) is 0. The third-order valence-corrected chi connectivity index (χ3v) is 4.75. The van der Waals surface area contributed by atoms with Crippen LogP contribution in [0.5, 0.6) is 0 Å². The highest BCUT2D eigenvalue weighted by Gasteiger charge is 2.09. The molecule has 4 aromatic rings. The van der Waals surface area contributed by atoms with E-state index >= 15 is 0 Å². The molecule has 3 aromatic carbocycles. The van der Waals surface area contributed by atoms with Crippen molar-refractivity contribution in [3.05, 3.63) is 113 Å². The van der Waals surface area contributed by atoms with Crippen molar-refractivity contribution in [3.8, 4) is 0 Å². The molecular formula is C25H21N3O3. The van der Waals surface area contributed by atoms with Crippen LogP contribution in [0.1, 0.15) is 32.0 Å². The van der Waals surface area contributed by atoms with Crippen molar-refractivity contribution in [2.75, 3.05) is 0 Å². The number of nitrogens with one attached hydrogen (secondary N) is 2. The third-order valence-electron chi connectivity index (χ3n) is 4.75. The predicted molar refractivity (Wildman–Crippen MR) is 118 cm³/mol. The molecule has 0 atom stereocenters. The predicted octanol–water partition coefficient (Wildman–Crippen LogP) is 4.03. The van der Waals surface area contributed by atoms with E-state index in [4.69, 9.17) is 4.84 Å². The highest BCUT2D eigenvalue weighted by molar-refractivity contribution is 5.95. The van der Waals surface area contributed by atoms with Crippen LogP contribution < -0.4 is 10.8 Å². The van der Waals surface area contributed by atoms with Gasteiger partial charge >= 0.3 is 0 Å². The number of amides is 2. The molecule has 1 aromatic heterocycles. The monoisotopic (exact) mass is 411 g/mol. The Hall–Kier alpha value is -4.03. The number of hydroxylamine groups is 1. The Labute approximate surface area is 179 Å². The van der Waals surface area contributed by atoms with Crippen LogP contribution in [0.15, 0.2) is 91.0 Å². The number of carbonyl (C=O) groups excluding carboxylic acids is 2. The van der Waals surface area contributed by atoms with Crippen molar-refractivity contribution in [3.63, 3.8) is 0 Å². The van der Waals surface area contributed by atoms with E-state index in [-0.39, 0.29) is 11.8 Å². The van der Waals surface area contributed by atoms with Crippen LogP contribution in [-0.4, -0.2) is 16.8 Å². The molecule has 0 aliphatic carbocycles. The zero-order valence-electron chi connectivity index (χ0n) is 16.7. The van der Waals surface area contributed by atoms with Crippen molar-refractivity contribution >= 4 is 22.7 Å². The largest absolute Gasteiger partial charge is 0.347 e. The molecule has 0 aliphatic rings. The lowest BCUT2D eigenvalue weighted by atomic mass is 10.1. The topological polar surface area (TPSA) is 80.3 Å². The lowest BCUT2D eigenvalue weighted by Crippen LogP contribution is -2.24. The minimum absolute atomic E-state index is 0.248. The molecule has 0 spiro atoms. The number of fused-ring (bicyclic) bond motifs is 1. The molecule has 6 heteroatoms. The van der Waals surface area contributed by atoms with Gasteiger partial charge in [0.05, 0.1) is 12.1 Å². The number of aromatic nitrogens is 1. The molecule has 0 unspecified atom stereocenters. The van der Waals surface area contributed by atoms with Gasteiger partial charge in [0.15, 0.2) is 0 Å². The minimum atomic E-state index is -0.327. The first-order chi connectivity index (χ1) is 15.2. The van der Waals surface area contributed by atoms with Crippen LogP contribution in [0.2, 0.25) is 0 Å². The van der Waals surface area contributed by atoms with Gasteiger partial charge in [0.2, 0.25) is 0 Å². The van der Waals surface area contributed by atoms with E-state index in [0.29, 0.717) is 24.4 Å². The summed E-state index contributed by atoms with van der Waals surface area (Å²) in [5, 5.41) is 3.84. The summed E-state index contributed by atoms with van der Waals surface area (Å²) in [7, 11) is 0. The molecule has 4 rings (SSSR count). The van der Waals surface area contributed by atoms with Crippen molar-refractivity contribution < 1.29 is 14.4 Å². The second-order valence-corrected chi connectivity index (χ2v) is 6.97. The lowest BCUT2D eigenvalue weighted by molar-refractivity contribution is 0.0233. The summed E-state index contributed by atoms with van der Waals surface area (Å²) in [6, 6.07) is 27.8. The molecule has 1 heterocycles. The number of para-hydroxylation sites is 1. The molecule has 2 amide bonds. The second kappa shape index (κ2) is 9.65. The van der Waals surface area contributed by atoms with Gasteiger partial charge in [-0.3, -0.25) is 14.4 Å². The molecule has 0 aliphatic heterocycles. The van der Waals surface area contributed by atoms with Crippen molar-refractivity contribution in [1.29, 1.82) is 0 Å². The highest BCUT2D eigenvalue weighted by atomic mass is 16.6. The van der Waals surface area contributed by atoms with Gasteiger partial charge in [-0.05, 0) is 35.4 Å². The lowest BCUT2D eigenvalue weighted by Gasteiger charge is -2.08. The maximum atomic E-state index is 12.4. The SMILES string of the molecule is O=C(NOCc1ccccc1)c1ccc(CNC(=O)c2ccc3ccccc3n2)cc1. The van der Waals surface area contributed by atoms with E-state index in [9.17, 15) is 9.59 Å². The maximum Gasteiger partial charge on any atom is 0.274 e. The number of benzene rings is 3. The van der Waals surface area contributed by atoms with Crippen LogP contribution >= 0.6 is 0 Å². The number of hydrogen-bond donors (Lipinski definition) is 2. The Bertz CT molecular complexity index is 1190. The molecule has 2 N–H and O–H groups in total. The van der Waals surface area contributed by atoms with Crippen LogP contribution in [0.4, 0.5) is 0 Å². The summed E-state index contributed by atoms with van der Waals surface area (Å²) in [5.41, 5.74) is 5.89. The average Bonchev–Trinajstić information content (AvgIpc) is 2.83. The zero-order valence-corrected chi connectivity index (χ0v) is 16.7. The Balaban J connectivity index is 1.28.